The third kappa shape index (κ3) is 2.90. The maximum absolute atomic E-state index is 11.1. The first-order valence-electron chi connectivity index (χ1n) is 3.55. The number of carboxylic acids is 1. The third-order valence-corrected chi connectivity index (χ3v) is 2.45. The van der Waals surface area contributed by atoms with Gasteiger partial charge in [0.05, 0.1) is 10.5 Å². The Morgan fingerprint density at radius 2 is 1.88 bits per heavy atom. The van der Waals surface area contributed by atoms with Crippen LogP contribution in [0.15, 0.2) is 17.0 Å². The molecule has 0 aliphatic heterocycles. The van der Waals surface area contributed by atoms with Crippen LogP contribution in [0.3, 0.4) is 0 Å². The molecule has 0 fully saturated rings. The Morgan fingerprint density at radius 1 is 1.38 bits per heavy atom. The second-order valence-electron chi connectivity index (χ2n) is 2.67. The average molecular weight is 239 g/mol. The minimum Gasteiger partial charge on any atom is -0.870 e. The fraction of sp³-hybridized carbons (Fsp3) is 0. The van der Waals surface area contributed by atoms with E-state index in [1.54, 1.807) is 0 Å². The number of anilines is 1. The molecule has 1 aromatic carbocycles. The summed E-state index contributed by atoms with van der Waals surface area (Å²) < 4.78 is 30.0. The van der Waals surface area contributed by atoms with Gasteiger partial charge in [-0.05, 0) is 12.1 Å². The number of carbonyl (C=O) groups is 1. The summed E-state index contributed by atoms with van der Waals surface area (Å²) in [5.41, 5.74) is 3.75. The van der Waals surface area contributed by atoms with Gasteiger partial charge in [0, 0.05) is 5.69 Å². The summed E-state index contributed by atoms with van der Waals surface area (Å²) in [4.78, 5) is 9.80. The summed E-state index contributed by atoms with van der Waals surface area (Å²) in [7, 11) is -4.58. The Morgan fingerprint density at radius 3 is 2.25 bits per heavy atom. The fourth-order valence-corrected chi connectivity index (χ4v) is 1.47. The van der Waals surface area contributed by atoms with Crippen LogP contribution in [-0.4, -0.2) is 24.0 Å². The molecule has 0 atom stereocenters. The SMILES string of the molecule is Nc1cc(S(=O)(=O)O)cc(C(=O)O)c1[O-].[Li+]. The van der Waals surface area contributed by atoms with Crippen LogP contribution in [0.1, 0.15) is 10.4 Å². The van der Waals surface area contributed by atoms with E-state index in [2.05, 4.69) is 0 Å². The number of benzene rings is 1. The van der Waals surface area contributed by atoms with Crippen LogP contribution in [0.25, 0.3) is 0 Å². The Bertz CT molecular complexity index is 526. The molecule has 0 spiro atoms. The number of nitrogens with two attached hydrogens (primary N) is 1. The zero-order valence-corrected chi connectivity index (χ0v) is 8.98. The molecule has 7 nitrogen and oxygen atoms in total. The Kier molecular flexibility index (Phi) is 4.40. The number of aromatic carboxylic acids is 1. The summed E-state index contributed by atoms with van der Waals surface area (Å²) in [6.07, 6.45) is 0. The average Bonchev–Trinajstić information content (AvgIpc) is 2.06. The van der Waals surface area contributed by atoms with Crippen LogP contribution < -0.4 is 29.7 Å². The molecule has 0 aliphatic rings. The number of hydrogen-bond donors (Lipinski definition) is 3. The molecule has 9 heteroatoms. The quantitative estimate of drug-likeness (QED) is 0.274. The van der Waals surface area contributed by atoms with Gasteiger partial charge in [-0.15, -0.1) is 0 Å². The largest absolute Gasteiger partial charge is 1.00 e. The number of carboxylic acid groups (broad SMARTS) is 1. The predicted octanol–water partition coefficient (Wildman–Crippen LogP) is -3.71. The normalized spacial score (nSPS) is 10.6. The summed E-state index contributed by atoms with van der Waals surface area (Å²) >= 11 is 0. The summed E-state index contributed by atoms with van der Waals surface area (Å²) in [5, 5.41) is 19.7. The topological polar surface area (TPSA) is 141 Å². The molecule has 82 valence electrons. The molecule has 1 rings (SSSR count). The van der Waals surface area contributed by atoms with Gasteiger partial charge in [-0.3, -0.25) is 4.55 Å². The van der Waals surface area contributed by atoms with E-state index in [1.165, 1.54) is 0 Å². The van der Waals surface area contributed by atoms with Crippen molar-refractivity contribution in [1.82, 2.24) is 0 Å². The van der Waals surface area contributed by atoms with Gasteiger partial charge in [0.25, 0.3) is 10.1 Å². The molecule has 0 saturated carbocycles. The van der Waals surface area contributed by atoms with Crippen molar-refractivity contribution in [2.45, 2.75) is 4.90 Å². The van der Waals surface area contributed by atoms with E-state index in [1.807, 2.05) is 0 Å². The van der Waals surface area contributed by atoms with E-state index in [-0.39, 0.29) is 18.9 Å². The van der Waals surface area contributed by atoms with Crippen LogP contribution in [0.4, 0.5) is 5.69 Å². The van der Waals surface area contributed by atoms with Gasteiger partial charge < -0.3 is 15.9 Å². The van der Waals surface area contributed by atoms with Crippen LogP contribution in [0.5, 0.6) is 5.75 Å². The molecule has 4 N–H and O–H groups in total. The molecule has 1 aromatic rings. The van der Waals surface area contributed by atoms with Gasteiger partial charge in [0.2, 0.25) is 0 Å². The Balaban J connectivity index is 0.00000225. The monoisotopic (exact) mass is 239 g/mol. The molecule has 0 aliphatic carbocycles. The first-order chi connectivity index (χ1) is 6.73. The van der Waals surface area contributed by atoms with Gasteiger partial charge in [-0.1, -0.05) is 5.75 Å². The van der Waals surface area contributed by atoms with Crippen molar-refractivity contribution in [3.63, 3.8) is 0 Å². The second-order valence-corrected chi connectivity index (χ2v) is 4.09. The standard InChI is InChI=1S/C7H7NO6S.Li/c8-5-2-3(15(12,13)14)1-4(6(5)9)7(10)11;/h1-2,9H,8H2,(H,10,11)(H,12,13,14);/q;+1/p-1. The van der Waals surface area contributed by atoms with Gasteiger partial charge in [0.1, 0.15) is 0 Å². The maximum Gasteiger partial charge on any atom is 1.00 e. The molecule has 0 unspecified atom stereocenters. The van der Waals surface area contributed by atoms with Crippen LogP contribution in [0.2, 0.25) is 0 Å². The third-order valence-electron chi connectivity index (χ3n) is 1.62. The summed E-state index contributed by atoms with van der Waals surface area (Å²) in [6.45, 7) is 0. The Labute approximate surface area is 103 Å². The van der Waals surface area contributed by atoms with Crippen LogP contribution in [-0.2, 0) is 10.1 Å². The molecule has 0 heterocycles. The summed E-state index contributed by atoms with van der Waals surface area (Å²) in [5.74, 6) is -2.60. The van der Waals surface area contributed by atoms with Crippen LogP contribution in [0, 0.1) is 0 Å². The zero-order valence-electron chi connectivity index (χ0n) is 8.17. The number of nitrogen functional groups attached to an aromatic ring is 1. The molecule has 0 radical (unpaired) electrons. The molecular weight excluding hydrogens is 233 g/mol. The van der Waals surface area contributed by atoms with E-state index in [0.29, 0.717) is 12.1 Å². The van der Waals surface area contributed by atoms with Gasteiger partial charge in [-0.25, -0.2) is 4.79 Å². The van der Waals surface area contributed by atoms with Gasteiger partial charge in [-0.2, -0.15) is 8.42 Å². The minimum absolute atomic E-state index is 0. The van der Waals surface area contributed by atoms with Crippen molar-refractivity contribution < 1.29 is 46.8 Å². The number of hydrogen-bond acceptors (Lipinski definition) is 5. The molecular formula is C7H6LiNO6S. The predicted molar refractivity (Wildman–Crippen MR) is 47.1 cm³/mol. The number of rotatable bonds is 2. The first kappa shape index (κ1) is 14.8. The summed E-state index contributed by atoms with van der Waals surface area (Å²) in [6, 6.07) is 1.25. The molecule has 0 aromatic heterocycles. The molecule has 0 bridgehead atoms. The molecule has 0 saturated heterocycles. The van der Waals surface area contributed by atoms with E-state index >= 15 is 0 Å². The van der Waals surface area contributed by atoms with E-state index in [9.17, 15) is 18.3 Å². The minimum atomic E-state index is -4.58. The van der Waals surface area contributed by atoms with Crippen molar-refractivity contribution in [2.75, 3.05) is 5.73 Å². The van der Waals surface area contributed by atoms with Crippen molar-refractivity contribution in [3.8, 4) is 5.75 Å². The van der Waals surface area contributed by atoms with Crippen LogP contribution >= 0.6 is 0 Å². The molecule has 16 heavy (non-hydrogen) atoms. The zero-order chi connectivity index (χ0) is 11.8. The van der Waals surface area contributed by atoms with Crippen molar-refractivity contribution in [2.24, 2.45) is 0 Å². The second kappa shape index (κ2) is 4.76. The fourth-order valence-electron chi connectivity index (χ4n) is 0.932. The van der Waals surface area contributed by atoms with Gasteiger partial charge in [0.15, 0.2) is 0 Å². The van der Waals surface area contributed by atoms with Crippen molar-refractivity contribution in [3.05, 3.63) is 17.7 Å². The first-order valence-corrected chi connectivity index (χ1v) is 4.99. The maximum atomic E-state index is 11.1. The van der Waals surface area contributed by atoms with E-state index in [0.717, 1.165) is 0 Å². The van der Waals surface area contributed by atoms with Gasteiger partial charge >= 0.3 is 24.8 Å². The van der Waals surface area contributed by atoms with Crippen molar-refractivity contribution in [1.29, 1.82) is 0 Å². The smallest absolute Gasteiger partial charge is 0.870 e. The van der Waals surface area contributed by atoms with E-state index < -0.39 is 38.0 Å². The van der Waals surface area contributed by atoms with E-state index in [4.69, 9.17) is 15.4 Å². The molecule has 0 amide bonds. The van der Waals surface area contributed by atoms with Crippen molar-refractivity contribution >= 4 is 21.8 Å². The Hall–Kier alpha value is -1.20.